The predicted molar refractivity (Wildman–Crippen MR) is 73.4 cm³/mol. The maximum absolute atomic E-state index is 11.9. The molecule has 1 aliphatic rings. The number of hydrogen-bond donors (Lipinski definition) is 0. The number of aryl methyl sites for hydroxylation is 1. The van der Waals surface area contributed by atoms with Gasteiger partial charge in [0.2, 0.25) is 5.91 Å². The normalized spacial score (nSPS) is 15.4. The maximum atomic E-state index is 11.9. The highest BCUT2D eigenvalue weighted by Gasteiger charge is 2.16. The van der Waals surface area contributed by atoms with Crippen molar-refractivity contribution in [3.05, 3.63) is 29.3 Å². The molecular weight excluding hydrogens is 242 g/mol. The molecule has 0 bridgehead atoms. The molecule has 0 spiro atoms. The zero-order valence-corrected chi connectivity index (χ0v) is 11.6. The minimum atomic E-state index is 0.147. The lowest BCUT2D eigenvalue weighted by atomic mass is 10.1. The third-order valence-corrected chi connectivity index (χ3v) is 3.49. The van der Waals surface area contributed by atoms with Gasteiger partial charge in [0.05, 0.1) is 26.2 Å². The van der Waals surface area contributed by atoms with Gasteiger partial charge in [-0.3, -0.25) is 4.79 Å². The predicted octanol–water partition coefficient (Wildman–Crippen LogP) is 1.93. The Hall–Kier alpha value is -1.55. The summed E-state index contributed by atoms with van der Waals surface area (Å²) in [5.41, 5.74) is 2.35. The average Bonchev–Trinajstić information content (AvgIpc) is 2.44. The Morgan fingerprint density at radius 3 is 2.79 bits per heavy atom. The molecule has 1 saturated heterocycles. The molecule has 4 nitrogen and oxygen atoms in total. The van der Waals surface area contributed by atoms with Crippen LogP contribution in [0.1, 0.15) is 17.5 Å². The SMILES string of the molecule is Cc1cccc(OCCC(=O)N2CCOCC2)c1C. The van der Waals surface area contributed by atoms with Crippen LogP contribution in [0, 0.1) is 13.8 Å². The van der Waals surface area contributed by atoms with Crippen LogP contribution in [0.4, 0.5) is 0 Å². The standard InChI is InChI=1S/C15H21NO3/c1-12-4-3-5-14(13(12)2)19-9-6-15(17)16-7-10-18-11-8-16/h3-5H,6-11H2,1-2H3. The van der Waals surface area contributed by atoms with Crippen LogP contribution in [0.15, 0.2) is 18.2 Å². The highest BCUT2D eigenvalue weighted by atomic mass is 16.5. The number of rotatable bonds is 4. The van der Waals surface area contributed by atoms with Crippen molar-refractivity contribution in [2.24, 2.45) is 0 Å². The van der Waals surface area contributed by atoms with Crippen LogP contribution < -0.4 is 4.74 Å². The van der Waals surface area contributed by atoms with Gasteiger partial charge < -0.3 is 14.4 Å². The topological polar surface area (TPSA) is 38.8 Å². The van der Waals surface area contributed by atoms with Gasteiger partial charge in [0, 0.05) is 13.1 Å². The second-order valence-corrected chi connectivity index (χ2v) is 4.79. The van der Waals surface area contributed by atoms with Crippen molar-refractivity contribution in [2.45, 2.75) is 20.3 Å². The van der Waals surface area contributed by atoms with Crippen LogP contribution in [0.25, 0.3) is 0 Å². The summed E-state index contributed by atoms with van der Waals surface area (Å²) in [6.45, 7) is 7.20. The molecule has 0 aromatic heterocycles. The number of hydrogen-bond acceptors (Lipinski definition) is 3. The molecule has 4 heteroatoms. The van der Waals surface area contributed by atoms with Crippen molar-refractivity contribution in [2.75, 3.05) is 32.9 Å². The third-order valence-electron chi connectivity index (χ3n) is 3.49. The van der Waals surface area contributed by atoms with Gasteiger partial charge in [-0.05, 0) is 31.0 Å². The number of carbonyl (C=O) groups is 1. The summed E-state index contributed by atoms with van der Waals surface area (Å²) in [7, 11) is 0. The molecule has 1 heterocycles. The first kappa shape index (κ1) is 13.9. The highest BCUT2D eigenvalue weighted by molar-refractivity contribution is 5.76. The summed E-state index contributed by atoms with van der Waals surface area (Å²) in [6, 6.07) is 5.98. The van der Waals surface area contributed by atoms with Crippen molar-refractivity contribution in [1.29, 1.82) is 0 Å². The van der Waals surface area contributed by atoms with E-state index in [-0.39, 0.29) is 5.91 Å². The van der Waals surface area contributed by atoms with E-state index in [1.54, 1.807) is 0 Å². The van der Waals surface area contributed by atoms with Crippen LogP contribution >= 0.6 is 0 Å². The van der Waals surface area contributed by atoms with Crippen molar-refractivity contribution < 1.29 is 14.3 Å². The first-order valence-electron chi connectivity index (χ1n) is 6.73. The van der Waals surface area contributed by atoms with Gasteiger partial charge in [-0.25, -0.2) is 0 Å². The largest absolute Gasteiger partial charge is 0.493 e. The molecule has 0 aliphatic carbocycles. The lowest BCUT2D eigenvalue weighted by molar-refractivity contribution is -0.135. The van der Waals surface area contributed by atoms with Crippen LogP contribution in [0.2, 0.25) is 0 Å². The number of nitrogens with zero attached hydrogens (tertiary/aromatic N) is 1. The van der Waals surface area contributed by atoms with Gasteiger partial charge in [0.25, 0.3) is 0 Å². The molecule has 19 heavy (non-hydrogen) atoms. The van der Waals surface area contributed by atoms with E-state index in [1.807, 2.05) is 24.0 Å². The number of ether oxygens (including phenoxy) is 2. The Labute approximate surface area is 114 Å². The van der Waals surface area contributed by atoms with Gasteiger partial charge in [-0.2, -0.15) is 0 Å². The average molecular weight is 263 g/mol. The molecule has 1 aliphatic heterocycles. The second kappa shape index (κ2) is 6.57. The fourth-order valence-corrected chi connectivity index (χ4v) is 2.10. The molecule has 2 rings (SSSR count). The van der Waals surface area contributed by atoms with E-state index in [1.165, 1.54) is 5.56 Å². The van der Waals surface area contributed by atoms with E-state index < -0.39 is 0 Å². The number of benzene rings is 1. The van der Waals surface area contributed by atoms with Crippen molar-refractivity contribution in [3.63, 3.8) is 0 Å². The van der Waals surface area contributed by atoms with E-state index in [9.17, 15) is 4.79 Å². The van der Waals surface area contributed by atoms with Gasteiger partial charge in [0.15, 0.2) is 0 Å². The Balaban J connectivity index is 1.79. The Kier molecular flexibility index (Phi) is 4.80. The molecule has 0 unspecified atom stereocenters. The van der Waals surface area contributed by atoms with E-state index in [2.05, 4.69) is 13.0 Å². The second-order valence-electron chi connectivity index (χ2n) is 4.79. The smallest absolute Gasteiger partial charge is 0.226 e. The molecule has 0 N–H and O–H groups in total. The maximum Gasteiger partial charge on any atom is 0.226 e. The Morgan fingerprint density at radius 1 is 1.32 bits per heavy atom. The molecule has 1 amide bonds. The zero-order valence-electron chi connectivity index (χ0n) is 11.6. The molecule has 1 aromatic carbocycles. The highest BCUT2D eigenvalue weighted by Crippen LogP contribution is 2.20. The fourth-order valence-electron chi connectivity index (χ4n) is 2.10. The summed E-state index contributed by atoms with van der Waals surface area (Å²) in [5, 5.41) is 0. The minimum Gasteiger partial charge on any atom is -0.493 e. The van der Waals surface area contributed by atoms with Gasteiger partial charge in [-0.1, -0.05) is 12.1 Å². The Bertz CT molecular complexity index is 439. The summed E-state index contributed by atoms with van der Waals surface area (Å²) in [4.78, 5) is 13.8. The number of morpholine rings is 1. The molecular formula is C15H21NO3. The summed E-state index contributed by atoms with van der Waals surface area (Å²) >= 11 is 0. The Morgan fingerprint density at radius 2 is 2.05 bits per heavy atom. The first-order valence-corrected chi connectivity index (χ1v) is 6.73. The van der Waals surface area contributed by atoms with Crippen molar-refractivity contribution >= 4 is 5.91 Å². The molecule has 104 valence electrons. The number of carbonyl (C=O) groups excluding carboxylic acids is 1. The summed E-state index contributed by atoms with van der Waals surface area (Å²) in [6.07, 6.45) is 0.424. The van der Waals surface area contributed by atoms with E-state index in [4.69, 9.17) is 9.47 Å². The summed E-state index contributed by atoms with van der Waals surface area (Å²) < 4.78 is 10.9. The van der Waals surface area contributed by atoms with Crippen molar-refractivity contribution in [3.8, 4) is 5.75 Å². The van der Waals surface area contributed by atoms with Crippen LogP contribution in [-0.2, 0) is 9.53 Å². The first-order chi connectivity index (χ1) is 9.18. The molecule has 0 saturated carbocycles. The van der Waals surface area contributed by atoms with Crippen molar-refractivity contribution in [1.82, 2.24) is 4.90 Å². The zero-order chi connectivity index (χ0) is 13.7. The molecule has 1 aromatic rings. The lowest BCUT2D eigenvalue weighted by Gasteiger charge is -2.26. The molecule has 0 radical (unpaired) electrons. The molecule has 0 atom stereocenters. The summed E-state index contributed by atoms with van der Waals surface area (Å²) in [5.74, 6) is 1.02. The van der Waals surface area contributed by atoms with E-state index >= 15 is 0 Å². The van der Waals surface area contributed by atoms with Gasteiger partial charge in [0.1, 0.15) is 5.75 Å². The quantitative estimate of drug-likeness (QED) is 0.833. The van der Waals surface area contributed by atoms with Gasteiger partial charge >= 0.3 is 0 Å². The van der Waals surface area contributed by atoms with Crippen LogP contribution in [-0.4, -0.2) is 43.7 Å². The monoisotopic (exact) mass is 263 g/mol. The van der Waals surface area contributed by atoms with Crippen LogP contribution in [0.3, 0.4) is 0 Å². The number of amides is 1. The fraction of sp³-hybridized carbons (Fsp3) is 0.533. The van der Waals surface area contributed by atoms with Gasteiger partial charge in [-0.15, -0.1) is 0 Å². The van der Waals surface area contributed by atoms with Crippen LogP contribution in [0.5, 0.6) is 5.75 Å². The minimum absolute atomic E-state index is 0.147. The van der Waals surface area contributed by atoms with E-state index in [0.29, 0.717) is 39.3 Å². The van der Waals surface area contributed by atoms with E-state index in [0.717, 1.165) is 11.3 Å². The molecule has 1 fully saturated rings. The third kappa shape index (κ3) is 3.70. The lowest BCUT2D eigenvalue weighted by Crippen LogP contribution is -2.41.